The molecule has 1 rings (SSSR count). The van der Waals surface area contributed by atoms with Crippen LogP contribution >= 0.6 is 15.9 Å². The van der Waals surface area contributed by atoms with E-state index in [1.54, 1.807) is 24.3 Å². The second kappa shape index (κ2) is 4.24. The predicted molar refractivity (Wildman–Crippen MR) is 61.4 cm³/mol. The van der Waals surface area contributed by atoms with E-state index in [0.29, 0.717) is 5.56 Å². The second-order valence-corrected chi connectivity index (χ2v) is 4.74. The first-order valence-corrected chi connectivity index (χ1v) is 5.11. The quantitative estimate of drug-likeness (QED) is 0.865. The van der Waals surface area contributed by atoms with E-state index < -0.39 is 5.54 Å². The zero-order chi connectivity index (χ0) is 10.8. The summed E-state index contributed by atoms with van der Waals surface area (Å²) in [5, 5.41) is 0. The average Bonchev–Trinajstić information content (AvgIpc) is 2.00. The molecule has 3 heteroatoms. The van der Waals surface area contributed by atoms with Crippen molar-refractivity contribution in [3.8, 4) is 0 Å². The summed E-state index contributed by atoms with van der Waals surface area (Å²) < 4.78 is 14.0. The summed E-state index contributed by atoms with van der Waals surface area (Å²) in [5.41, 5.74) is 5.88. The third-order valence-electron chi connectivity index (χ3n) is 1.65. The molecule has 0 aliphatic rings. The van der Waals surface area contributed by atoms with Gasteiger partial charge < -0.3 is 5.73 Å². The minimum Gasteiger partial charge on any atom is -0.322 e. The number of hydrogen-bond donors (Lipinski definition) is 1. The van der Waals surface area contributed by atoms with Gasteiger partial charge in [0.1, 0.15) is 5.82 Å². The fourth-order valence-electron chi connectivity index (χ4n) is 0.941. The lowest BCUT2D eigenvalue weighted by Crippen LogP contribution is -2.28. The third kappa shape index (κ3) is 3.60. The molecule has 0 radical (unpaired) electrons. The molecule has 2 N–H and O–H groups in total. The van der Waals surface area contributed by atoms with E-state index in [0.717, 1.165) is 4.47 Å². The minimum atomic E-state index is -0.417. The SMILES string of the molecule is CC(C)(N)C=Cc1ccc(Br)cc1F. The molecular formula is C11H13BrFN. The van der Waals surface area contributed by atoms with Crippen molar-refractivity contribution in [3.63, 3.8) is 0 Å². The lowest BCUT2D eigenvalue weighted by Gasteiger charge is -2.11. The highest BCUT2D eigenvalue weighted by molar-refractivity contribution is 9.10. The van der Waals surface area contributed by atoms with Gasteiger partial charge in [-0.15, -0.1) is 0 Å². The molecular weight excluding hydrogens is 245 g/mol. The van der Waals surface area contributed by atoms with Crippen molar-refractivity contribution in [2.24, 2.45) is 5.73 Å². The average molecular weight is 258 g/mol. The Bertz CT molecular complexity index is 353. The summed E-state index contributed by atoms with van der Waals surface area (Å²) in [6.07, 6.45) is 3.47. The van der Waals surface area contributed by atoms with Crippen LogP contribution in [0, 0.1) is 5.82 Å². The maximum atomic E-state index is 13.3. The van der Waals surface area contributed by atoms with E-state index >= 15 is 0 Å². The van der Waals surface area contributed by atoms with Crippen molar-refractivity contribution in [3.05, 3.63) is 40.1 Å². The number of hydrogen-bond acceptors (Lipinski definition) is 1. The summed E-state index contributed by atoms with van der Waals surface area (Å²) in [4.78, 5) is 0. The van der Waals surface area contributed by atoms with Crippen molar-refractivity contribution in [2.75, 3.05) is 0 Å². The van der Waals surface area contributed by atoms with Gasteiger partial charge in [-0.05, 0) is 26.0 Å². The number of benzene rings is 1. The summed E-state index contributed by atoms with van der Waals surface area (Å²) in [6, 6.07) is 4.94. The third-order valence-corrected chi connectivity index (χ3v) is 2.15. The van der Waals surface area contributed by atoms with Gasteiger partial charge in [-0.3, -0.25) is 0 Å². The standard InChI is InChI=1S/C11H13BrFN/c1-11(2,14)6-5-8-3-4-9(12)7-10(8)13/h3-7H,14H2,1-2H3. The predicted octanol–water partition coefficient (Wildman–Crippen LogP) is 3.34. The van der Waals surface area contributed by atoms with Gasteiger partial charge in [0.15, 0.2) is 0 Å². The Morgan fingerprint density at radius 2 is 2.07 bits per heavy atom. The maximum absolute atomic E-state index is 13.3. The van der Waals surface area contributed by atoms with Crippen LogP contribution in [-0.4, -0.2) is 5.54 Å². The highest BCUT2D eigenvalue weighted by Crippen LogP contribution is 2.17. The van der Waals surface area contributed by atoms with Gasteiger partial charge in [-0.25, -0.2) is 4.39 Å². The Labute approximate surface area is 91.9 Å². The topological polar surface area (TPSA) is 26.0 Å². The van der Waals surface area contributed by atoms with Gasteiger partial charge >= 0.3 is 0 Å². The van der Waals surface area contributed by atoms with Gasteiger partial charge in [0.2, 0.25) is 0 Å². The van der Waals surface area contributed by atoms with Crippen LogP contribution < -0.4 is 5.73 Å². The zero-order valence-corrected chi connectivity index (χ0v) is 9.81. The van der Waals surface area contributed by atoms with Crippen LogP contribution in [0.5, 0.6) is 0 Å². The fraction of sp³-hybridized carbons (Fsp3) is 0.273. The van der Waals surface area contributed by atoms with Gasteiger partial charge in [0, 0.05) is 15.6 Å². The lowest BCUT2D eigenvalue weighted by molar-refractivity contribution is 0.623. The van der Waals surface area contributed by atoms with Crippen LogP contribution in [0.4, 0.5) is 4.39 Å². The van der Waals surface area contributed by atoms with E-state index in [9.17, 15) is 4.39 Å². The van der Waals surface area contributed by atoms with Crippen LogP contribution in [-0.2, 0) is 0 Å². The molecule has 0 atom stereocenters. The highest BCUT2D eigenvalue weighted by Gasteiger charge is 2.05. The number of rotatable bonds is 2. The Balaban J connectivity index is 2.93. The molecule has 0 saturated carbocycles. The Morgan fingerprint density at radius 1 is 1.43 bits per heavy atom. The number of halogens is 2. The van der Waals surface area contributed by atoms with E-state index in [2.05, 4.69) is 15.9 Å². The molecule has 1 aromatic rings. The molecule has 1 aromatic carbocycles. The summed E-state index contributed by atoms with van der Waals surface area (Å²) in [5.74, 6) is -0.250. The minimum absolute atomic E-state index is 0.250. The molecule has 0 heterocycles. The second-order valence-electron chi connectivity index (χ2n) is 3.82. The molecule has 0 fully saturated rings. The zero-order valence-electron chi connectivity index (χ0n) is 8.22. The van der Waals surface area contributed by atoms with E-state index in [1.165, 1.54) is 6.07 Å². The smallest absolute Gasteiger partial charge is 0.131 e. The first-order chi connectivity index (χ1) is 6.38. The summed E-state index contributed by atoms with van der Waals surface area (Å²) in [6.45, 7) is 3.72. The fourth-order valence-corrected chi connectivity index (χ4v) is 1.27. The Kier molecular flexibility index (Phi) is 3.45. The largest absolute Gasteiger partial charge is 0.322 e. The van der Waals surface area contributed by atoms with Crippen molar-refractivity contribution in [1.82, 2.24) is 0 Å². The molecule has 1 nitrogen and oxygen atoms in total. The lowest BCUT2D eigenvalue weighted by atomic mass is 10.0. The van der Waals surface area contributed by atoms with Gasteiger partial charge in [0.25, 0.3) is 0 Å². The Hall–Kier alpha value is -0.670. The Morgan fingerprint density at radius 3 is 2.57 bits per heavy atom. The molecule has 0 aliphatic heterocycles. The van der Waals surface area contributed by atoms with E-state index in [1.807, 2.05) is 13.8 Å². The van der Waals surface area contributed by atoms with Crippen LogP contribution in [0.25, 0.3) is 6.08 Å². The molecule has 0 aromatic heterocycles. The van der Waals surface area contributed by atoms with Crippen LogP contribution in [0.3, 0.4) is 0 Å². The molecule has 0 unspecified atom stereocenters. The molecule has 0 bridgehead atoms. The van der Waals surface area contributed by atoms with Crippen molar-refractivity contribution in [2.45, 2.75) is 19.4 Å². The molecule has 76 valence electrons. The van der Waals surface area contributed by atoms with Crippen LogP contribution in [0.15, 0.2) is 28.7 Å². The van der Waals surface area contributed by atoms with Crippen molar-refractivity contribution in [1.29, 1.82) is 0 Å². The first kappa shape index (κ1) is 11.4. The van der Waals surface area contributed by atoms with Crippen LogP contribution in [0.1, 0.15) is 19.4 Å². The van der Waals surface area contributed by atoms with Gasteiger partial charge in [-0.2, -0.15) is 0 Å². The molecule has 0 saturated heterocycles. The van der Waals surface area contributed by atoms with Crippen molar-refractivity contribution < 1.29 is 4.39 Å². The molecule has 14 heavy (non-hydrogen) atoms. The van der Waals surface area contributed by atoms with Gasteiger partial charge in [0.05, 0.1) is 0 Å². The summed E-state index contributed by atoms with van der Waals surface area (Å²) >= 11 is 3.20. The van der Waals surface area contributed by atoms with Gasteiger partial charge in [-0.1, -0.05) is 34.1 Å². The van der Waals surface area contributed by atoms with E-state index in [4.69, 9.17) is 5.73 Å². The monoisotopic (exact) mass is 257 g/mol. The highest BCUT2D eigenvalue weighted by atomic mass is 79.9. The number of nitrogens with two attached hydrogens (primary N) is 1. The van der Waals surface area contributed by atoms with Crippen LogP contribution in [0.2, 0.25) is 0 Å². The first-order valence-electron chi connectivity index (χ1n) is 4.32. The maximum Gasteiger partial charge on any atom is 0.131 e. The van der Waals surface area contributed by atoms with E-state index in [-0.39, 0.29) is 5.82 Å². The summed E-state index contributed by atoms with van der Waals surface area (Å²) in [7, 11) is 0. The molecule has 0 amide bonds. The molecule has 0 aliphatic carbocycles. The normalized spacial score (nSPS) is 12.4. The van der Waals surface area contributed by atoms with Crippen molar-refractivity contribution >= 4 is 22.0 Å². The molecule has 0 spiro atoms.